The van der Waals surface area contributed by atoms with E-state index < -0.39 is 0 Å². The van der Waals surface area contributed by atoms with Crippen LogP contribution in [-0.2, 0) is 19.3 Å². The number of allylic oxidation sites excluding steroid dienone is 2. The first-order valence-electron chi connectivity index (χ1n) is 13.0. The van der Waals surface area contributed by atoms with Gasteiger partial charge in [-0.2, -0.15) is 0 Å². The zero-order chi connectivity index (χ0) is 22.1. The predicted octanol–water partition coefficient (Wildman–Crippen LogP) is 9.21. The second kappa shape index (κ2) is 12.3. The second-order valence-corrected chi connectivity index (χ2v) is 9.86. The summed E-state index contributed by atoms with van der Waals surface area (Å²) in [6.07, 6.45) is 18.1. The summed E-state index contributed by atoms with van der Waals surface area (Å²) >= 11 is 0. The van der Waals surface area contributed by atoms with Gasteiger partial charge in [0.15, 0.2) is 0 Å². The monoisotopic (exact) mass is 416 g/mol. The molecule has 0 heterocycles. The Labute approximate surface area is 192 Å². The standard InChI is InChI=1S/C31H44/c1-5-12-28-20-26(6-2)21-31(23-28)30(22-29-16-15-24(3)25(4)19-29)14-11-9-7-8-10-13-27-17-18-27/h13,15-16,19-21,23,30H,5-12,14,17-18,22H2,1-4H3. The lowest BCUT2D eigenvalue weighted by atomic mass is 9.84. The van der Waals surface area contributed by atoms with E-state index in [1.165, 1.54) is 98.4 Å². The van der Waals surface area contributed by atoms with E-state index in [4.69, 9.17) is 0 Å². The molecule has 0 saturated heterocycles. The van der Waals surface area contributed by atoms with Crippen molar-refractivity contribution in [3.63, 3.8) is 0 Å². The van der Waals surface area contributed by atoms with Crippen LogP contribution in [0.2, 0.25) is 0 Å². The van der Waals surface area contributed by atoms with Gasteiger partial charge in [-0.3, -0.25) is 0 Å². The topological polar surface area (TPSA) is 0 Å². The van der Waals surface area contributed by atoms with Crippen LogP contribution in [0.15, 0.2) is 48.0 Å². The Bertz CT molecular complexity index is 848. The maximum Gasteiger partial charge on any atom is -0.0121 e. The third kappa shape index (κ3) is 7.99. The average Bonchev–Trinajstić information content (AvgIpc) is 3.59. The van der Waals surface area contributed by atoms with Crippen LogP contribution in [0.5, 0.6) is 0 Å². The van der Waals surface area contributed by atoms with Gasteiger partial charge in [-0.25, -0.2) is 0 Å². The molecule has 168 valence electrons. The summed E-state index contributed by atoms with van der Waals surface area (Å²) in [4.78, 5) is 0. The van der Waals surface area contributed by atoms with Crippen molar-refractivity contribution in [2.24, 2.45) is 0 Å². The molecule has 0 bridgehead atoms. The van der Waals surface area contributed by atoms with E-state index in [2.05, 4.69) is 70.2 Å². The molecule has 1 aliphatic carbocycles. The molecule has 0 nitrogen and oxygen atoms in total. The van der Waals surface area contributed by atoms with E-state index in [1.54, 1.807) is 11.1 Å². The zero-order valence-corrected chi connectivity index (χ0v) is 20.6. The number of hydrogen-bond donors (Lipinski definition) is 0. The number of benzene rings is 2. The van der Waals surface area contributed by atoms with Crippen molar-refractivity contribution in [2.45, 2.75) is 111 Å². The Balaban J connectivity index is 1.67. The second-order valence-electron chi connectivity index (χ2n) is 9.86. The highest BCUT2D eigenvalue weighted by molar-refractivity contribution is 5.35. The molecule has 0 aromatic heterocycles. The molecule has 0 aliphatic heterocycles. The van der Waals surface area contributed by atoms with Gasteiger partial charge in [0, 0.05) is 0 Å². The van der Waals surface area contributed by atoms with E-state index in [0.717, 1.165) is 6.42 Å². The first-order valence-corrected chi connectivity index (χ1v) is 13.0. The summed E-state index contributed by atoms with van der Waals surface area (Å²) in [6.45, 7) is 9.06. The van der Waals surface area contributed by atoms with Gasteiger partial charge < -0.3 is 0 Å². The fourth-order valence-electron chi connectivity index (χ4n) is 4.74. The lowest BCUT2D eigenvalue weighted by Gasteiger charge is -2.20. The normalized spacial score (nSPS) is 14.0. The largest absolute Gasteiger partial charge is 0.0853 e. The third-order valence-electron chi connectivity index (χ3n) is 7.03. The van der Waals surface area contributed by atoms with Crippen molar-refractivity contribution < 1.29 is 0 Å². The first-order chi connectivity index (χ1) is 15.1. The number of hydrogen-bond acceptors (Lipinski definition) is 0. The molecule has 0 spiro atoms. The molecule has 0 heteroatoms. The molecule has 0 amide bonds. The van der Waals surface area contributed by atoms with Crippen molar-refractivity contribution >= 4 is 0 Å². The zero-order valence-electron chi connectivity index (χ0n) is 20.6. The fourth-order valence-corrected chi connectivity index (χ4v) is 4.74. The molecule has 0 N–H and O–H groups in total. The SMILES string of the molecule is CCCc1cc(CC)cc(C(CCCCCCC=C2CC2)Cc2ccc(C)c(C)c2)c1. The summed E-state index contributed by atoms with van der Waals surface area (Å²) in [5.74, 6) is 0.637. The molecule has 1 aliphatic rings. The molecule has 1 fully saturated rings. The van der Waals surface area contributed by atoms with Crippen molar-refractivity contribution in [3.05, 3.63) is 81.4 Å². The van der Waals surface area contributed by atoms with Crippen LogP contribution in [0.3, 0.4) is 0 Å². The molecule has 0 radical (unpaired) electrons. The van der Waals surface area contributed by atoms with Gasteiger partial charge in [-0.05, 0) is 105 Å². The maximum atomic E-state index is 2.52. The van der Waals surface area contributed by atoms with Crippen molar-refractivity contribution in [1.82, 2.24) is 0 Å². The number of aryl methyl sites for hydroxylation is 4. The van der Waals surface area contributed by atoms with E-state index >= 15 is 0 Å². The Morgan fingerprint density at radius 3 is 2.29 bits per heavy atom. The van der Waals surface area contributed by atoms with Crippen LogP contribution < -0.4 is 0 Å². The highest BCUT2D eigenvalue weighted by atomic mass is 14.2. The van der Waals surface area contributed by atoms with Crippen LogP contribution in [0.1, 0.15) is 111 Å². The van der Waals surface area contributed by atoms with Gasteiger partial charge in [0.2, 0.25) is 0 Å². The van der Waals surface area contributed by atoms with E-state index in [1.807, 2.05) is 0 Å². The molecule has 2 aromatic carbocycles. The lowest BCUT2D eigenvalue weighted by molar-refractivity contribution is 0.545. The number of rotatable bonds is 13. The van der Waals surface area contributed by atoms with Crippen molar-refractivity contribution in [2.75, 3.05) is 0 Å². The van der Waals surface area contributed by atoms with Gasteiger partial charge in [0.05, 0.1) is 0 Å². The average molecular weight is 417 g/mol. The Hall–Kier alpha value is -1.82. The minimum Gasteiger partial charge on any atom is -0.0853 e. The molecule has 1 unspecified atom stereocenters. The van der Waals surface area contributed by atoms with Gasteiger partial charge in [-0.15, -0.1) is 0 Å². The summed E-state index contributed by atoms with van der Waals surface area (Å²) in [6, 6.07) is 14.6. The van der Waals surface area contributed by atoms with Gasteiger partial charge in [0.1, 0.15) is 0 Å². The minimum atomic E-state index is 0.637. The van der Waals surface area contributed by atoms with Crippen LogP contribution in [0.25, 0.3) is 0 Å². The Morgan fingerprint density at radius 2 is 1.58 bits per heavy atom. The third-order valence-corrected chi connectivity index (χ3v) is 7.03. The molecular formula is C31H44. The summed E-state index contributed by atoms with van der Waals surface area (Å²) in [5.41, 5.74) is 10.7. The highest BCUT2D eigenvalue weighted by Gasteiger charge is 2.15. The van der Waals surface area contributed by atoms with Crippen LogP contribution in [-0.4, -0.2) is 0 Å². The van der Waals surface area contributed by atoms with E-state index in [9.17, 15) is 0 Å². The number of unbranched alkanes of at least 4 members (excludes halogenated alkanes) is 4. The molecular weight excluding hydrogens is 372 g/mol. The van der Waals surface area contributed by atoms with E-state index in [0.29, 0.717) is 5.92 Å². The van der Waals surface area contributed by atoms with Crippen LogP contribution in [0, 0.1) is 13.8 Å². The smallest absolute Gasteiger partial charge is 0.0121 e. The molecule has 1 atom stereocenters. The van der Waals surface area contributed by atoms with Gasteiger partial charge in [0.25, 0.3) is 0 Å². The van der Waals surface area contributed by atoms with E-state index in [-0.39, 0.29) is 0 Å². The summed E-state index contributed by atoms with van der Waals surface area (Å²) < 4.78 is 0. The maximum absolute atomic E-state index is 2.52. The molecule has 3 rings (SSSR count). The van der Waals surface area contributed by atoms with Crippen molar-refractivity contribution in [3.8, 4) is 0 Å². The predicted molar refractivity (Wildman–Crippen MR) is 137 cm³/mol. The van der Waals surface area contributed by atoms with Crippen LogP contribution in [0.4, 0.5) is 0 Å². The summed E-state index contributed by atoms with van der Waals surface area (Å²) in [5, 5.41) is 0. The van der Waals surface area contributed by atoms with Crippen molar-refractivity contribution in [1.29, 1.82) is 0 Å². The lowest BCUT2D eigenvalue weighted by Crippen LogP contribution is -2.06. The Morgan fingerprint density at radius 1 is 0.806 bits per heavy atom. The fraction of sp³-hybridized carbons (Fsp3) is 0.548. The van der Waals surface area contributed by atoms with Crippen LogP contribution >= 0.6 is 0 Å². The molecule has 31 heavy (non-hydrogen) atoms. The summed E-state index contributed by atoms with van der Waals surface area (Å²) in [7, 11) is 0. The van der Waals surface area contributed by atoms with Gasteiger partial charge in [-0.1, -0.05) is 87.6 Å². The molecule has 1 saturated carbocycles. The quantitative estimate of drug-likeness (QED) is 0.225. The highest BCUT2D eigenvalue weighted by Crippen LogP contribution is 2.31. The Kier molecular flexibility index (Phi) is 9.44. The molecule has 2 aromatic rings. The minimum absolute atomic E-state index is 0.637. The first kappa shape index (κ1) is 23.8. The van der Waals surface area contributed by atoms with Gasteiger partial charge >= 0.3 is 0 Å².